The third-order valence-electron chi connectivity index (χ3n) is 7.75. The van der Waals surface area contributed by atoms with Crippen LogP contribution in [0.3, 0.4) is 0 Å². The number of amides is 1. The number of aryl methyl sites for hydroxylation is 1. The number of halogens is 1. The summed E-state index contributed by atoms with van der Waals surface area (Å²) in [6.07, 6.45) is 3.99. The topological polar surface area (TPSA) is 68.4 Å². The molecule has 4 aliphatic rings. The fraction of sp³-hybridized carbons (Fsp3) is 0.708. The first-order valence-electron chi connectivity index (χ1n) is 12.0. The second kappa shape index (κ2) is 8.68. The van der Waals surface area contributed by atoms with Gasteiger partial charge in [-0.1, -0.05) is 13.0 Å². The van der Waals surface area contributed by atoms with E-state index in [2.05, 4.69) is 33.1 Å². The highest BCUT2D eigenvalue weighted by atomic mass is 19.1. The normalized spacial score (nSPS) is 31.8. The van der Waals surface area contributed by atoms with Crippen LogP contribution in [0.15, 0.2) is 12.1 Å². The van der Waals surface area contributed by atoms with E-state index in [4.69, 9.17) is 0 Å². The van der Waals surface area contributed by atoms with Gasteiger partial charge in [0.25, 0.3) is 0 Å². The Morgan fingerprint density at radius 2 is 2.19 bits per heavy atom. The fourth-order valence-electron chi connectivity index (χ4n) is 5.90. The van der Waals surface area contributed by atoms with E-state index < -0.39 is 0 Å². The van der Waals surface area contributed by atoms with Crippen LogP contribution in [0.4, 0.5) is 10.1 Å². The molecule has 4 N–H and O–H groups in total. The van der Waals surface area contributed by atoms with Gasteiger partial charge in [0.05, 0.1) is 0 Å². The van der Waals surface area contributed by atoms with Gasteiger partial charge in [-0.2, -0.15) is 0 Å². The first kappa shape index (κ1) is 21.2. The van der Waals surface area contributed by atoms with E-state index in [9.17, 15) is 9.18 Å². The van der Waals surface area contributed by atoms with Gasteiger partial charge in [-0.3, -0.25) is 9.69 Å². The standard InChI is InChI=1S/C24H36FN5O/c1-14-3-6-19(25)18-10-20(28-21(14)18)24(31)29-23(17-4-5-17)22-15(2)9-16(11-27-22)12-30-8-7-26-13-30/h3,6,15-17,20,22-23,26-28H,4-5,7-13H2,1-2H3,(H,29,31). The van der Waals surface area contributed by atoms with Crippen LogP contribution in [-0.4, -0.2) is 61.8 Å². The monoisotopic (exact) mass is 429 g/mol. The van der Waals surface area contributed by atoms with Crippen molar-refractivity contribution in [2.75, 3.05) is 38.2 Å². The van der Waals surface area contributed by atoms with Gasteiger partial charge in [-0.25, -0.2) is 4.39 Å². The molecule has 5 atom stereocenters. The smallest absolute Gasteiger partial charge is 0.243 e. The molecule has 1 amide bonds. The van der Waals surface area contributed by atoms with E-state index in [1.54, 1.807) is 6.07 Å². The SMILES string of the molecule is Cc1ccc(F)c2c1NC(C(=O)NC(C1CC1)C1NCC(CN3CCNC3)CC1C)C2. The summed E-state index contributed by atoms with van der Waals surface area (Å²) in [7, 11) is 0. The third kappa shape index (κ3) is 4.45. The summed E-state index contributed by atoms with van der Waals surface area (Å²) in [6.45, 7) is 9.69. The lowest BCUT2D eigenvalue weighted by Crippen LogP contribution is -2.60. The number of anilines is 1. The van der Waals surface area contributed by atoms with Crippen LogP contribution in [0.25, 0.3) is 0 Å². The molecular formula is C24H36FN5O. The van der Waals surface area contributed by atoms with E-state index in [-0.39, 0.29) is 23.8 Å². The number of hydrogen-bond donors (Lipinski definition) is 4. The highest BCUT2D eigenvalue weighted by Gasteiger charge is 2.43. The molecule has 0 spiro atoms. The van der Waals surface area contributed by atoms with E-state index in [1.165, 1.54) is 25.3 Å². The molecular weight excluding hydrogens is 393 g/mol. The van der Waals surface area contributed by atoms with Crippen LogP contribution in [0.2, 0.25) is 0 Å². The molecule has 3 aliphatic heterocycles. The predicted octanol–water partition coefficient (Wildman–Crippen LogP) is 1.84. The minimum atomic E-state index is -0.388. The van der Waals surface area contributed by atoms with Crippen molar-refractivity contribution >= 4 is 11.6 Å². The van der Waals surface area contributed by atoms with Gasteiger partial charge in [-0.15, -0.1) is 0 Å². The van der Waals surface area contributed by atoms with E-state index in [0.29, 0.717) is 35.8 Å². The molecule has 170 valence electrons. The summed E-state index contributed by atoms with van der Waals surface area (Å²) in [4.78, 5) is 15.7. The minimum absolute atomic E-state index is 0.00571. The number of benzene rings is 1. The van der Waals surface area contributed by atoms with Crippen molar-refractivity contribution in [3.8, 4) is 0 Å². The number of fused-ring (bicyclic) bond motifs is 1. The van der Waals surface area contributed by atoms with Gasteiger partial charge in [-0.05, 0) is 62.1 Å². The molecule has 0 bridgehead atoms. The summed E-state index contributed by atoms with van der Waals surface area (Å²) in [5.74, 6) is 1.54. The molecule has 1 saturated carbocycles. The Morgan fingerprint density at radius 1 is 1.35 bits per heavy atom. The Morgan fingerprint density at radius 3 is 2.87 bits per heavy atom. The molecule has 0 aromatic heterocycles. The summed E-state index contributed by atoms with van der Waals surface area (Å²) in [5, 5.41) is 13.9. The Hall–Kier alpha value is -1.70. The molecule has 1 aromatic carbocycles. The Balaban J connectivity index is 1.20. The van der Waals surface area contributed by atoms with Gasteiger partial charge in [0, 0.05) is 56.1 Å². The average Bonchev–Trinajstić information content (AvgIpc) is 3.26. The summed E-state index contributed by atoms with van der Waals surface area (Å²) < 4.78 is 14.2. The molecule has 5 unspecified atom stereocenters. The fourth-order valence-corrected chi connectivity index (χ4v) is 5.90. The number of hydrogen-bond acceptors (Lipinski definition) is 5. The molecule has 6 nitrogen and oxygen atoms in total. The highest BCUT2D eigenvalue weighted by molar-refractivity contribution is 5.88. The number of piperidine rings is 1. The molecule has 1 aromatic rings. The van der Waals surface area contributed by atoms with Crippen molar-refractivity contribution in [1.82, 2.24) is 20.9 Å². The molecule has 31 heavy (non-hydrogen) atoms. The predicted molar refractivity (Wildman–Crippen MR) is 120 cm³/mol. The Labute approximate surface area is 184 Å². The van der Waals surface area contributed by atoms with Crippen molar-refractivity contribution in [3.63, 3.8) is 0 Å². The number of rotatable bonds is 6. The van der Waals surface area contributed by atoms with Crippen molar-refractivity contribution in [2.45, 2.75) is 57.7 Å². The lowest BCUT2D eigenvalue weighted by atomic mass is 9.81. The second-order valence-electron chi connectivity index (χ2n) is 10.2. The van der Waals surface area contributed by atoms with Gasteiger partial charge < -0.3 is 21.3 Å². The zero-order valence-electron chi connectivity index (χ0n) is 18.7. The maximum absolute atomic E-state index is 14.2. The molecule has 0 radical (unpaired) electrons. The summed E-state index contributed by atoms with van der Waals surface area (Å²) in [6, 6.07) is 3.36. The van der Waals surface area contributed by atoms with Crippen LogP contribution < -0.4 is 21.3 Å². The lowest BCUT2D eigenvalue weighted by molar-refractivity contribution is -0.123. The molecule has 3 heterocycles. The number of nitrogens with zero attached hydrogens (tertiary/aromatic N) is 1. The van der Waals surface area contributed by atoms with Crippen molar-refractivity contribution in [2.24, 2.45) is 17.8 Å². The van der Waals surface area contributed by atoms with Gasteiger partial charge in [0.1, 0.15) is 11.9 Å². The van der Waals surface area contributed by atoms with Crippen LogP contribution in [0.5, 0.6) is 0 Å². The lowest BCUT2D eigenvalue weighted by Gasteiger charge is -2.41. The van der Waals surface area contributed by atoms with Crippen molar-refractivity contribution in [3.05, 3.63) is 29.1 Å². The quantitative estimate of drug-likeness (QED) is 0.556. The average molecular weight is 430 g/mol. The number of carbonyl (C=O) groups excluding carboxylic acids is 1. The highest BCUT2D eigenvalue weighted by Crippen LogP contribution is 2.38. The third-order valence-corrected chi connectivity index (χ3v) is 7.75. The Kier molecular flexibility index (Phi) is 5.92. The van der Waals surface area contributed by atoms with Crippen LogP contribution >= 0.6 is 0 Å². The van der Waals surface area contributed by atoms with Crippen molar-refractivity contribution in [1.29, 1.82) is 0 Å². The molecule has 3 fully saturated rings. The first-order chi connectivity index (χ1) is 15.0. The van der Waals surface area contributed by atoms with E-state index in [0.717, 1.165) is 44.1 Å². The molecule has 2 saturated heterocycles. The van der Waals surface area contributed by atoms with Crippen LogP contribution in [0.1, 0.15) is 37.3 Å². The Bertz CT molecular complexity index is 791. The van der Waals surface area contributed by atoms with Crippen molar-refractivity contribution < 1.29 is 9.18 Å². The molecule has 7 heteroatoms. The number of nitrogens with one attached hydrogen (secondary N) is 4. The summed E-state index contributed by atoms with van der Waals surface area (Å²) >= 11 is 0. The van der Waals surface area contributed by atoms with Crippen LogP contribution in [0, 0.1) is 30.5 Å². The van der Waals surface area contributed by atoms with E-state index >= 15 is 0 Å². The zero-order chi connectivity index (χ0) is 21.5. The van der Waals surface area contributed by atoms with Crippen LogP contribution in [-0.2, 0) is 11.2 Å². The molecule has 5 rings (SSSR count). The van der Waals surface area contributed by atoms with E-state index in [1.807, 2.05) is 6.92 Å². The maximum atomic E-state index is 14.2. The largest absolute Gasteiger partial charge is 0.373 e. The first-order valence-corrected chi connectivity index (χ1v) is 12.0. The zero-order valence-corrected chi connectivity index (χ0v) is 18.7. The van der Waals surface area contributed by atoms with Gasteiger partial charge in [0.2, 0.25) is 5.91 Å². The van der Waals surface area contributed by atoms with Gasteiger partial charge >= 0.3 is 0 Å². The summed E-state index contributed by atoms with van der Waals surface area (Å²) in [5.41, 5.74) is 2.44. The number of carbonyl (C=O) groups is 1. The second-order valence-corrected chi connectivity index (χ2v) is 10.2. The molecule has 1 aliphatic carbocycles. The van der Waals surface area contributed by atoms with Gasteiger partial charge in [0.15, 0.2) is 0 Å². The minimum Gasteiger partial charge on any atom is -0.373 e. The maximum Gasteiger partial charge on any atom is 0.243 e.